The Labute approximate surface area is 314 Å². The smallest absolute Gasteiger partial charge is 0.387 e. The molecule has 1 saturated carbocycles. The topological polar surface area (TPSA) is 150 Å². The molecule has 0 bridgehead atoms. The van der Waals surface area contributed by atoms with E-state index in [0.717, 1.165) is 42.0 Å². The van der Waals surface area contributed by atoms with Crippen molar-refractivity contribution in [3.05, 3.63) is 81.6 Å². The van der Waals surface area contributed by atoms with E-state index in [9.17, 15) is 26.8 Å². The molecule has 2 aromatic carbocycles. The zero-order chi connectivity index (χ0) is 36.3. The monoisotopic (exact) mass is 802 g/mol. The van der Waals surface area contributed by atoms with Gasteiger partial charge in [0.1, 0.15) is 16.1 Å². The number of aromatic amines is 1. The third-order valence-corrected chi connectivity index (χ3v) is 12.8. The molecule has 1 aromatic heterocycles. The van der Waals surface area contributed by atoms with Gasteiger partial charge in [0.25, 0.3) is 5.91 Å². The maximum absolute atomic E-state index is 13.9. The summed E-state index contributed by atoms with van der Waals surface area (Å²) in [6, 6.07) is 9.95. The van der Waals surface area contributed by atoms with E-state index in [1.54, 1.807) is 4.90 Å². The lowest BCUT2D eigenvalue weighted by Crippen LogP contribution is -2.47. The largest absolute Gasteiger partial charge is 0.870 e. The molecule has 0 spiro atoms. The number of ether oxygens (including phenoxy) is 3. The molecule has 3 fully saturated rings. The maximum Gasteiger partial charge on any atom is 0.387 e. The highest BCUT2D eigenvalue weighted by Crippen LogP contribution is 2.39. The predicted molar refractivity (Wildman–Crippen MR) is 189 cm³/mol. The van der Waals surface area contributed by atoms with Crippen LogP contribution in [0.25, 0.3) is 0 Å². The van der Waals surface area contributed by atoms with Gasteiger partial charge in [-0.05, 0) is 67.8 Å². The fourth-order valence-electron chi connectivity index (χ4n) is 5.79. The van der Waals surface area contributed by atoms with Gasteiger partial charge < -0.3 is 29.5 Å². The number of nitrogens with one attached hydrogen (secondary N) is 1. The van der Waals surface area contributed by atoms with E-state index in [0.29, 0.717) is 48.1 Å². The first-order valence-electron chi connectivity index (χ1n) is 16.4. The van der Waals surface area contributed by atoms with Gasteiger partial charge in [0, 0.05) is 56.0 Å². The van der Waals surface area contributed by atoms with E-state index in [1.807, 2.05) is 7.05 Å². The summed E-state index contributed by atoms with van der Waals surface area (Å²) >= 11 is 14.0. The molecule has 3 aromatic rings. The number of benzene rings is 2. The van der Waals surface area contributed by atoms with E-state index in [4.69, 9.17) is 32.7 Å². The van der Waals surface area contributed by atoms with Crippen LogP contribution in [0.5, 0.6) is 11.5 Å². The Hall–Kier alpha value is -3.25. The molecule has 2 N–H and O–H groups in total. The third-order valence-electron chi connectivity index (χ3n) is 8.92. The molecule has 2 saturated heterocycles. The van der Waals surface area contributed by atoms with Crippen molar-refractivity contribution in [2.24, 2.45) is 5.92 Å². The second-order valence-corrected chi connectivity index (χ2v) is 16.5. The van der Waals surface area contributed by atoms with Crippen LogP contribution in [0.15, 0.2) is 59.8 Å². The SMILES string of the molecule is CN1CCN(C(=O)c2ccc(S(=O)(=O)N3CCSC3C(=O)O[C@@H](Cc3c(Cl)c[nH+]cc3Cl)c3ccc(OC(F)F)c(OCC4CC4)c3)cc2)CC1.[OH-]. The van der Waals surface area contributed by atoms with Gasteiger partial charge in [-0.1, -0.05) is 29.3 Å². The van der Waals surface area contributed by atoms with E-state index in [-0.39, 0.29) is 50.8 Å². The van der Waals surface area contributed by atoms with Crippen molar-refractivity contribution in [1.29, 1.82) is 0 Å². The Balaban J connectivity index is 0.00000523. The fourth-order valence-corrected chi connectivity index (χ4v) is 9.37. The fraction of sp³-hybridized carbons (Fsp3) is 0.441. The quantitative estimate of drug-likeness (QED) is 0.216. The molecule has 2 atom stereocenters. The Kier molecular flexibility index (Phi) is 13.3. The number of H-pyrrole nitrogens is 1. The van der Waals surface area contributed by atoms with E-state index >= 15 is 0 Å². The predicted octanol–water partition coefficient (Wildman–Crippen LogP) is 5.00. The van der Waals surface area contributed by atoms with Crippen molar-refractivity contribution < 1.29 is 51.5 Å². The van der Waals surface area contributed by atoms with Gasteiger partial charge in [-0.3, -0.25) is 4.79 Å². The van der Waals surface area contributed by atoms with Crippen LogP contribution in [0.1, 0.15) is 40.4 Å². The number of hydrogen-bond donors (Lipinski definition) is 0. The molecule has 1 aliphatic carbocycles. The number of rotatable bonds is 13. The molecule has 0 radical (unpaired) electrons. The summed E-state index contributed by atoms with van der Waals surface area (Å²) in [6.45, 7) is -0.0848. The molecule has 1 amide bonds. The number of carbonyl (C=O) groups is 2. The first kappa shape index (κ1) is 39.9. The summed E-state index contributed by atoms with van der Waals surface area (Å²) in [7, 11) is -2.20. The summed E-state index contributed by atoms with van der Waals surface area (Å²) in [6.07, 6.45) is 3.84. The van der Waals surface area contributed by atoms with Crippen LogP contribution >= 0.6 is 35.0 Å². The lowest BCUT2D eigenvalue weighted by Gasteiger charge is -2.32. The minimum atomic E-state index is -4.19. The van der Waals surface area contributed by atoms with Gasteiger partial charge in [-0.25, -0.2) is 18.2 Å². The summed E-state index contributed by atoms with van der Waals surface area (Å²) in [4.78, 5) is 33.6. The number of halogens is 4. The van der Waals surface area contributed by atoms with Crippen molar-refractivity contribution in [3.63, 3.8) is 0 Å². The van der Waals surface area contributed by atoms with Crippen LogP contribution in [0, 0.1) is 5.92 Å². The molecule has 3 aliphatic rings. The number of hydrogen-bond acceptors (Lipinski definition) is 10. The molecule has 282 valence electrons. The van der Waals surface area contributed by atoms with Crippen LogP contribution < -0.4 is 14.5 Å². The Morgan fingerprint density at radius 3 is 2.29 bits per heavy atom. The van der Waals surface area contributed by atoms with Crippen LogP contribution in [-0.2, 0) is 26.0 Å². The number of aromatic nitrogens is 1. The molecule has 52 heavy (non-hydrogen) atoms. The molecule has 12 nitrogen and oxygen atoms in total. The normalized spacial score (nSPS) is 18.9. The average molecular weight is 804 g/mol. The first-order chi connectivity index (χ1) is 24.4. The lowest BCUT2D eigenvalue weighted by molar-refractivity contribution is -0.377. The zero-order valence-corrected chi connectivity index (χ0v) is 31.2. The summed E-state index contributed by atoms with van der Waals surface area (Å²) < 4.78 is 71.9. The second-order valence-electron chi connectivity index (χ2n) is 12.6. The second kappa shape index (κ2) is 17.3. The number of alkyl halides is 2. The number of thioether (sulfide) groups is 1. The number of likely N-dealkylation sites (N-methyl/N-ethyl adjacent to an activating group) is 1. The minimum absolute atomic E-state index is 0. The highest BCUT2D eigenvalue weighted by molar-refractivity contribution is 8.02. The number of sulfonamides is 1. The first-order valence-corrected chi connectivity index (χ1v) is 19.6. The van der Waals surface area contributed by atoms with Crippen LogP contribution in [0.2, 0.25) is 10.0 Å². The molecule has 6 rings (SSSR count). The number of piperazine rings is 1. The van der Waals surface area contributed by atoms with Gasteiger partial charge in [0.05, 0.1) is 11.5 Å². The third kappa shape index (κ3) is 9.45. The Morgan fingerprint density at radius 2 is 1.65 bits per heavy atom. The molecule has 18 heteroatoms. The summed E-state index contributed by atoms with van der Waals surface area (Å²) in [5, 5.41) is -0.702. The molecule has 3 heterocycles. The lowest BCUT2D eigenvalue weighted by atomic mass is 10.0. The van der Waals surface area contributed by atoms with Gasteiger partial charge in [-0.15, -0.1) is 11.8 Å². The Bertz CT molecular complexity index is 1830. The van der Waals surface area contributed by atoms with Crippen LogP contribution in [-0.4, -0.2) is 104 Å². The van der Waals surface area contributed by atoms with Crippen LogP contribution in [0.3, 0.4) is 0 Å². The number of carbonyl (C=O) groups excluding carboxylic acids is 2. The van der Waals surface area contributed by atoms with Crippen molar-refractivity contribution in [2.45, 2.75) is 42.2 Å². The highest BCUT2D eigenvalue weighted by Gasteiger charge is 2.42. The van der Waals surface area contributed by atoms with Gasteiger partial charge in [0.15, 0.2) is 29.3 Å². The number of pyridine rings is 1. The minimum Gasteiger partial charge on any atom is -0.870 e. The molecule has 1 unspecified atom stereocenters. The number of amides is 1. The van der Waals surface area contributed by atoms with E-state index in [2.05, 4.69) is 14.6 Å². The van der Waals surface area contributed by atoms with Crippen molar-refractivity contribution in [3.8, 4) is 11.5 Å². The maximum atomic E-state index is 13.9. The summed E-state index contributed by atoms with van der Waals surface area (Å²) in [5.74, 6) is -0.508. The van der Waals surface area contributed by atoms with Crippen LogP contribution in [0.4, 0.5) is 8.78 Å². The molecular formula is C34H38Cl2F2N4O8S2. The molecule has 2 aliphatic heterocycles. The van der Waals surface area contributed by atoms with Crippen molar-refractivity contribution in [1.82, 2.24) is 14.1 Å². The standard InChI is InChI=1S/C34H36Cl2F2N4O7S2.H2O/c1-40-10-12-41(13-11-40)31(43)22-4-7-24(8-5-22)51(45,46)42-14-15-50-32(42)33(44)48-29(17-25-26(35)18-39-19-27(25)36)23-6-9-28(49-34(37)38)30(16-23)47-20-21-2-3-21;/h4-9,16,18-19,21,29,32,34H,2-3,10-15,17,20H2,1H3;1H2/t29-,32?;/m0./s1. The van der Waals surface area contributed by atoms with Gasteiger partial charge in [0.2, 0.25) is 10.0 Å². The van der Waals surface area contributed by atoms with Crippen molar-refractivity contribution in [2.75, 3.05) is 52.1 Å². The highest BCUT2D eigenvalue weighted by atomic mass is 35.5. The Morgan fingerprint density at radius 1 is 0.981 bits per heavy atom. The van der Waals surface area contributed by atoms with E-state index in [1.165, 1.54) is 54.9 Å². The zero-order valence-electron chi connectivity index (χ0n) is 28.1. The van der Waals surface area contributed by atoms with E-state index < -0.39 is 34.1 Å². The van der Waals surface area contributed by atoms with Gasteiger partial charge in [-0.2, -0.15) is 13.1 Å². The van der Waals surface area contributed by atoms with Crippen molar-refractivity contribution >= 4 is 56.9 Å². The number of nitrogens with zero attached hydrogens (tertiary/aromatic N) is 3. The number of esters is 1. The average Bonchev–Trinajstić information content (AvgIpc) is 3.80. The summed E-state index contributed by atoms with van der Waals surface area (Å²) in [5.41, 5.74) is 1.18. The molecular weight excluding hydrogens is 765 g/mol. The van der Waals surface area contributed by atoms with Gasteiger partial charge >= 0.3 is 12.6 Å².